The smallest absolute Gasteiger partial charge is 0.161 e. The van der Waals surface area contributed by atoms with Gasteiger partial charge < -0.3 is 4.40 Å². The Balaban J connectivity index is 2.70. The third kappa shape index (κ3) is 1.01. The molecule has 0 bridgehead atoms. The summed E-state index contributed by atoms with van der Waals surface area (Å²) < 4.78 is 1.94. The number of carbonyl (C=O) groups is 1. The highest BCUT2D eigenvalue weighted by Crippen LogP contribution is 2.09. The van der Waals surface area contributed by atoms with E-state index in [1.807, 2.05) is 41.1 Å². The predicted octanol–water partition coefficient (Wildman–Crippen LogP) is 2.14. The Labute approximate surface area is 70.4 Å². The summed E-state index contributed by atoms with van der Waals surface area (Å²) in [6.45, 7) is 1.58. The van der Waals surface area contributed by atoms with Gasteiger partial charge in [0.05, 0.1) is 0 Å². The summed E-state index contributed by atoms with van der Waals surface area (Å²) in [6.07, 6.45) is 3.78. The van der Waals surface area contributed by atoms with Crippen LogP contribution in [0.15, 0.2) is 36.7 Å². The van der Waals surface area contributed by atoms with Gasteiger partial charge in [-0.25, -0.2) is 0 Å². The molecule has 0 saturated carbocycles. The molecular weight excluding hydrogens is 150 g/mol. The fraction of sp³-hybridized carbons (Fsp3) is 0.100. The fourth-order valence-corrected chi connectivity index (χ4v) is 1.25. The molecule has 2 heteroatoms. The molecule has 2 aromatic heterocycles. The second kappa shape index (κ2) is 2.48. The number of pyridine rings is 1. The van der Waals surface area contributed by atoms with Crippen LogP contribution in [0.3, 0.4) is 0 Å². The molecule has 0 amide bonds. The Kier molecular flexibility index (Phi) is 1.47. The topological polar surface area (TPSA) is 21.5 Å². The first kappa shape index (κ1) is 7.10. The number of rotatable bonds is 1. The second-order valence-electron chi connectivity index (χ2n) is 2.82. The molecule has 2 rings (SSSR count). The minimum absolute atomic E-state index is 0.110. The van der Waals surface area contributed by atoms with Crippen LogP contribution >= 0.6 is 0 Å². The highest BCUT2D eigenvalue weighted by molar-refractivity contribution is 5.95. The number of hydrogen-bond acceptors (Lipinski definition) is 1. The molecular formula is C10H9NO. The molecule has 12 heavy (non-hydrogen) atoms. The van der Waals surface area contributed by atoms with Crippen molar-refractivity contribution in [2.24, 2.45) is 0 Å². The van der Waals surface area contributed by atoms with E-state index in [4.69, 9.17) is 0 Å². The van der Waals surface area contributed by atoms with E-state index < -0.39 is 0 Å². The lowest BCUT2D eigenvalue weighted by Crippen LogP contribution is -1.86. The first-order chi connectivity index (χ1) is 5.77. The number of fused-ring (bicyclic) bond motifs is 1. The standard InChI is InChI=1S/C10H9NO/c1-8(12)9-6-10-4-2-3-5-11(10)7-9/h2-7H,1H3. The molecule has 0 aromatic carbocycles. The number of Topliss-reactive ketones (excluding diaryl/α,β-unsaturated/α-hetero) is 1. The van der Waals surface area contributed by atoms with Crippen molar-refractivity contribution >= 4 is 11.3 Å². The maximum Gasteiger partial charge on any atom is 0.161 e. The van der Waals surface area contributed by atoms with Crippen molar-refractivity contribution in [2.45, 2.75) is 6.92 Å². The zero-order valence-corrected chi connectivity index (χ0v) is 6.82. The summed E-state index contributed by atoms with van der Waals surface area (Å²) in [6, 6.07) is 7.77. The zero-order chi connectivity index (χ0) is 8.55. The molecule has 0 unspecified atom stereocenters. The van der Waals surface area contributed by atoms with E-state index >= 15 is 0 Å². The van der Waals surface area contributed by atoms with E-state index in [0.717, 1.165) is 11.1 Å². The van der Waals surface area contributed by atoms with Crippen LogP contribution in [0.1, 0.15) is 17.3 Å². The first-order valence-corrected chi connectivity index (χ1v) is 3.85. The SMILES string of the molecule is CC(=O)c1cc2ccccn2c1. The van der Waals surface area contributed by atoms with Gasteiger partial charge >= 0.3 is 0 Å². The van der Waals surface area contributed by atoms with Gasteiger partial charge in [-0.3, -0.25) is 4.79 Å². The fourth-order valence-electron chi connectivity index (χ4n) is 1.25. The third-order valence-electron chi connectivity index (χ3n) is 1.91. The molecule has 2 aromatic rings. The molecule has 0 N–H and O–H groups in total. The Hall–Kier alpha value is -1.57. The van der Waals surface area contributed by atoms with Crippen molar-refractivity contribution in [1.82, 2.24) is 4.40 Å². The monoisotopic (exact) mass is 159 g/mol. The van der Waals surface area contributed by atoms with E-state index in [9.17, 15) is 4.79 Å². The van der Waals surface area contributed by atoms with Gasteiger partial charge in [-0.1, -0.05) is 6.07 Å². The summed E-state index contributed by atoms with van der Waals surface area (Å²) in [7, 11) is 0. The van der Waals surface area contributed by atoms with E-state index in [-0.39, 0.29) is 5.78 Å². The van der Waals surface area contributed by atoms with Gasteiger partial charge in [-0.05, 0) is 25.1 Å². The number of aromatic nitrogens is 1. The summed E-state index contributed by atoms with van der Waals surface area (Å²) in [5, 5.41) is 0. The number of carbonyl (C=O) groups excluding carboxylic acids is 1. The van der Waals surface area contributed by atoms with Gasteiger partial charge in [0.15, 0.2) is 5.78 Å². The number of nitrogens with zero attached hydrogens (tertiary/aromatic N) is 1. The summed E-state index contributed by atoms with van der Waals surface area (Å²) in [4.78, 5) is 11.0. The second-order valence-corrected chi connectivity index (χ2v) is 2.82. The lowest BCUT2D eigenvalue weighted by atomic mass is 10.2. The van der Waals surface area contributed by atoms with Gasteiger partial charge in [-0.15, -0.1) is 0 Å². The molecule has 0 aliphatic carbocycles. The molecule has 0 saturated heterocycles. The van der Waals surface area contributed by atoms with Gasteiger partial charge in [-0.2, -0.15) is 0 Å². The lowest BCUT2D eigenvalue weighted by molar-refractivity contribution is 0.101. The zero-order valence-electron chi connectivity index (χ0n) is 6.82. The van der Waals surface area contributed by atoms with E-state index in [1.54, 1.807) is 6.92 Å². The minimum atomic E-state index is 0.110. The van der Waals surface area contributed by atoms with Gasteiger partial charge in [0, 0.05) is 23.5 Å². The van der Waals surface area contributed by atoms with Crippen LogP contribution in [0.2, 0.25) is 0 Å². The van der Waals surface area contributed by atoms with Crippen LogP contribution in [0.5, 0.6) is 0 Å². The molecule has 60 valence electrons. The quantitative estimate of drug-likeness (QED) is 0.584. The average molecular weight is 159 g/mol. The van der Waals surface area contributed by atoms with Crippen molar-refractivity contribution in [2.75, 3.05) is 0 Å². The minimum Gasteiger partial charge on any atom is -0.323 e. The molecule has 2 nitrogen and oxygen atoms in total. The van der Waals surface area contributed by atoms with Gasteiger partial charge in [0.2, 0.25) is 0 Å². The van der Waals surface area contributed by atoms with Crippen molar-refractivity contribution in [3.05, 3.63) is 42.2 Å². The molecule has 0 spiro atoms. The van der Waals surface area contributed by atoms with Crippen LogP contribution in [0.25, 0.3) is 5.52 Å². The van der Waals surface area contributed by atoms with Crippen LogP contribution < -0.4 is 0 Å². The normalized spacial score (nSPS) is 10.4. The number of ketones is 1. The van der Waals surface area contributed by atoms with E-state index in [0.29, 0.717) is 0 Å². The molecule has 2 heterocycles. The first-order valence-electron chi connectivity index (χ1n) is 3.85. The molecule has 0 aliphatic rings. The maximum absolute atomic E-state index is 11.0. The van der Waals surface area contributed by atoms with Crippen LogP contribution in [-0.4, -0.2) is 10.2 Å². The molecule has 0 atom stereocenters. The van der Waals surface area contributed by atoms with Crippen molar-refractivity contribution < 1.29 is 4.79 Å². The van der Waals surface area contributed by atoms with Gasteiger partial charge in [0.25, 0.3) is 0 Å². The van der Waals surface area contributed by atoms with Crippen LogP contribution in [-0.2, 0) is 0 Å². The van der Waals surface area contributed by atoms with Crippen molar-refractivity contribution in [1.29, 1.82) is 0 Å². The maximum atomic E-state index is 11.0. The number of hydrogen-bond donors (Lipinski definition) is 0. The summed E-state index contributed by atoms with van der Waals surface area (Å²) in [5.41, 5.74) is 1.82. The highest BCUT2D eigenvalue weighted by atomic mass is 16.1. The van der Waals surface area contributed by atoms with Crippen molar-refractivity contribution in [3.63, 3.8) is 0 Å². The summed E-state index contributed by atoms with van der Waals surface area (Å²) >= 11 is 0. The molecule has 0 radical (unpaired) electrons. The van der Waals surface area contributed by atoms with Gasteiger partial charge in [0.1, 0.15) is 0 Å². The van der Waals surface area contributed by atoms with E-state index in [2.05, 4.69) is 0 Å². The van der Waals surface area contributed by atoms with E-state index in [1.165, 1.54) is 0 Å². The molecule has 0 aliphatic heterocycles. The Bertz CT molecular complexity index is 395. The Morgan fingerprint density at radius 2 is 2.25 bits per heavy atom. The Morgan fingerprint density at radius 1 is 1.42 bits per heavy atom. The molecule has 0 fully saturated rings. The largest absolute Gasteiger partial charge is 0.323 e. The Morgan fingerprint density at radius 3 is 2.92 bits per heavy atom. The third-order valence-corrected chi connectivity index (χ3v) is 1.91. The predicted molar refractivity (Wildman–Crippen MR) is 47.4 cm³/mol. The van der Waals surface area contributed by atoms with Crippen molar-refractivity contribution in [3.8, 4) is 0 Å². The lowest BCUT2D eigenvalue weighted by Gasteiger charge is -1.88. The average Bonchev–Trinajstić information content (AvgIpc) is 2.46. The highest BCUT2D eigenvalue weighted by Gasteiger charge is 2.01. The summed E-state index contributed by atoms with van der Waals surface area (Å²) in [5.74, 6) is 0.110. The van der Waals surface area contributed by atoms with Crippen LogP contribution in [0, 0.1) is 0 Å². The van der Waals surface area contributed by atoms with Crippen LogP contribution in [0.4, 0.5) is 0 Å².